The fraction of sp³-hybridized carbons (Fsp3) is 0.462. The minimum atomic E-state index is -1.26. The smallest absolute Gasteiger partial charge is 0.328 e. The van der Waals surface area contributed by atoms with E-state index in [1.165, 1.54) is 11.3 Å². The van der Waals surface area contributed by atoms with Crippen molar-refractivity contribution in [2.45, 2.75) is 26.0 Å². The molecule has 1 aromatic rings. The summed E-state index contributed by atoms with van der Waals surface area (Å²) in [5, 5.41) is 30.7. The Bertz CT molecular complexity index is 445. The molecule has 8 nitrogen and oxygen atoms in total. The fourth-order valence-corrected chi connectivity index (χ4v) is 1.52. The van der Waals surface area contributed by atoms with Crippen molar-refractivity contribution >= 4 is 23.3 Å². The summed E-state index contributed by atoms with van der Waals surface area (Å²) in [6.07, 6.45) is 2.31. The van der Waals surface area contributed by atoms with Crippen LogP contribution in [0.25, 0.3) is 0 Å². The molecule has 0 aliphatic heterocycles. The number of aliphatic carboxylic acids is 2. The lowest BCUT2D eigenvalue weighted by atomic mass is 10.3. The summed E-state index contributed by atoms with van der Waals surface area (Å²) in [6.45, 7) is 4.90. The van der Waals surface area contributed by atoms with Gasteiger partial charge in [-0.25, -0.2) is 14.6 Å². The summed E-state index contributed by atoms with van der Waals surface area (Å²) in [5.41, 5.74) is 0. The maximum Gasteiger partial charge on any atom is 0.328 e. The standard InChI is InChI=1S/C9H16N2O2S.C4H4O4/c1-7(2)11-5-8(12)6-13-9-10-3-4-14-9;5-3(6)1-2-4(7)8/h3-4,7-8,11-12H,5-6H2,1-2H3;1-2H,(H,5,6)(H,7,8). The number of aliphatic hydroxyl groups is 1. The van der Waals surface area contributed by atoms with Gasteiger partial charge in [-0.15, -0.1) is 0 Å². The topological polar surface area (TPSA) is 129 Å². The Labute approximate surface area is 132 Å². The van der Waals surface area contributed by atoms with Crippen molar-refractivity contribution in [3.8, 4) is 5.19 Å². The molecule has 0 bridgehead atoms. The molecule has 22 heavy (non-hydrogen) atoms. The molecule has 124 valence electrons. The first-order chi connectivity index (χ1) is 10.3. The van der Waals surface area contributed by atoms with Crippen LogP contribution in [0.4, 0.5) is 0 Å². The van der Waals surface area contributed by atoms with Crippen LogP contribution in [-0.4, -0.2) is 57.5 Å². The number of hydrogen-bond acceptors (Lipinski definition) is 7. The number of aromatic nitrogens is 1. The zero-order valence-electron chi connectivity index (χ0n) is 12.3. The first-order valence-electron chi connectivity index (χ1n) is 6.39. The number of thiazole rings is 1. The molecule has 0 aliphatic carbocycles. The summed E-state index contributed by atoms with van der Waals surface area (Å²) in [6, 6.07) is 0.379. The van der Waals surface area contributed by atoms with Gasteiger partial charge >= 0.3 is 11.9 Å². The Morgan fingerprint density at radius 1 is 1.36 bits per heavy atom. The molecule has 0 radical (unpaired) electrons. The van der Waals surface area contributed by atoms with Gasteiger partial charge in [0, 0.05) is 36.3 Å². The van der Waals surface area contributed by atoms with Crippen molar-refractivity contribution in [1.82, 2.24) is 10.3 Å². The van der Waals surface area contributed by atoms with Crippen LogP contribution < -0.4 is 10.1 Å². The van der Waals surface area contributed by atoms with Crippen molar-refractivity contribution < 1.29 is 29.6 Å². The van der Waals surface area contributed by atoms with Crippen LogP contribution >= 0.6 is 11.3 Å². The van der Waals surface area contributed by atoms with E-state index in [-0.39, 0.29) is 6.61 Å². The van der Waals surface area contributed by atoms with Gasteiger partial charge in [0.2, 0.25) is 0 Å². The summed E-state index contributed by atoms with van der Waals surface area (Å²) < 4.78 is 5.26. The van der Waals surface area contributed by atoms with E-state index in [4.69, 9.17) is 14.9 Å². The molecule has 0 spiro atoms. The molecule has 1 heterocycles. The van der Waals surface area contributed by atoms with Crippen LogP contribution in [0.3, 0.4) is 0 Å². The van der Waals surface area contributed by atoms with Crippen molar-refractivity contribution in [2.24, 2.45) is 0 Å². The second-order valence-corrected chi connectivity index (χ2v) is 5.19. The van der Waals surface area contributed by atoms with Crippen LogP contribution in [0.5, 0.6) is 5.19 Å². The van der Waals surface area contributed by atoms with Crippen LogP contribution in [0.2, 0.25) is 0 Å². The third kappa shape index (κ3) is 13.0. The molecule has 0 saturated carbocycles. The molecule has 0 aliphatic rings. The molecule has 0 aromatic carbocycles. The fourth-order valence-electron chi connectivity index (χ4n) is 1.02. The van der Waals surface area contributed by atoms with E-state index in [1.807, 2.05) is 19.2 Å². The van der Waals surface area contributed by atoms with Crippen molar-refractivity contribution in [3.05, 3.63) is 23.7 Å². The average Bonchev–Trinajstić information content (AvgIpc) is 2.94. The monoisotopic (exact) mass is 332 g/mol. The van der Waals surface area contributed by atoms with Gasteiger partial charge in [-0.1, -0.05) is 25.2 Å². The van der Waals surface area contributed by atoms with Crippen LogP contribution in [0.15, 0.2) is 23.7 Å². The van der Waals surface area contributed by atoms with Gasteiger partial charge in [0.25, 0.3) is 5.19 Å². The van der Waals surface area contributed by atoms with E-state index >= 15 is 0 Å². The number of carboxylic acids is 2. The molecule has 1 atom stereocenters. The number of nitrogens with zero attached hydrogens (tertiary/aromatic N) is 1. The highest BCUT2D eigenvalue weighted by Gasteiger charge is 2.06. The highest BCUT2D eigenvalue weighted by Crippen LogP contribution is 2.13. The highest BCUT2D eigenvalue weighted by atomic mass is 32.1. The van der Waals surface area contributed by atoms with Gasteiger partial charge in [-0.2, -0.15) is 0 Å². The zero-order chi connectivity index (χ0) is 17.0. The summed E-state index contributed by atoms with van der Waals surface area (Å²) in [4.78, 5) is 23.1. The zero-order valence-corrected chi connectivity index (χ0v) is 13.1. The van der Waals surface area contributed by atoms with Gasteiger partial charge in [-0.3, -0.25) is 0 Å². The Kier molecular flexibility index (Phi) is 10.6. The van der Waals surface area contributed by atoms with Gasteiger partial charge in [0.1, 0.15) is 12.7 Å². The van der Waals surface area contributed by atoms with Crippen molar-refractivity contribution in [1.29, 1.82) is 0 Å². The predicted molar refractivity (Wildman–Crippen MR) is 81.2 cm³/mol. The minimum absolute atomic E-state index is 0.285. The van der Waals surface area contributed by atoms with Gasteiger partial charge < -0.3 is 25.4 Å². The Morgan fingerprint density at radius 3 is 2.36 bits per heavy atom. The number of hydrogen-bond donors (Lipinski definition) is 4. The normalized spacial score (nSPS) is 11.8. The number of carboxylic acid groups (broad SMARTS) is 2. The second kappa shape index (κ2) is 11.7. The predicted octanol–water partition coefficient (Wildman–Crippen LogP) is 0.593. The lowest BCUT2D eigenvalue weighted by molar-refractivity contribution is -0.134. The molecule has 0 amide bonds. The third-order valence-corrected chi connectivity index (χ3v) is 2.62. The molecule has 0 fully saturated rings. The molecule has 1 unspecified atom stereocenters. The van der Waals surface area contributed by atoms with E-state index in [0.717, 1.165) is 0 Å². The molecule has 0 saturated heterocycles. The largest absolute Gasteiger partial charge is 0.478 e. The molecular formula is C13H20N2O6S. The molecule has 1 aromatic heterocycles. The minimum Gasteiger partial charge on any atom is -0.478 e. The molecular weight excluding hydrogens is 312 g/mol. The lowest BCUT2D eigenvalue weighted by Gasteiger charge is -2.13. The highest BCUT2D eigenvalue weighted by molar-refractivity contribution is 7.11. The van der Waals surface area contributed by atoms with E-state index in [9.17, 15) is 14.7 Å². The first-order valence-corrected chi connectivity index (χ1v) is 7.27. The maximum atomic E-state index is 9.55. The summed E-state index contributed by atoms with van der Waals surface area (Å²) in [7, 11) is 0. The first kappa shape index (κ1) is 20.0. The van der Waals surface area contributed by atoms with Gasteiger partial charge in [0.15, 0.2) is 0 Å². The van der Waals surface area contributed by atoms with Crippen LogP contribution in [0.1, 0.15) is 13.8 Å². The molecule has 9 heteroatoms. The number of rotatable bonds is 8. The number of carbonyl (C=O) groups is 2. The molecule has 4 N–H and O–H groups in total. The van der Waals surface area contributed by atoms with Crippen molar-refractivity contribution in [3.63, 3.8) is 0 Å². The number of nitrogens with one attached hydrogen (secondary N) is 1. The quantitative estimate of drug-likeness (QED) is 0.509. The van der Waals surface area contributed by atoms with Crippen LogP contribution in [0, 0.1) is 0 Å². The van der Waals surface area contributed by atoms with E-state index in [1.54, 1.807) is 6.20 Å². The van der Waals surface area contributed by atoms with Crippen molar-refractivity contribution in [2.75, 3.05) is 13.2 Å². The SMILES string of the molecule is CC(C)NCC(O)COc1nccs1.O=C(O)C=CC(=O)O. The lowest BCUT2D eigenvalue weighted by Crippen LogP contribution is -2.35. The Balaban J connectivity index is 0.000000472. The Hall–Kier alpha value is -1.97. The van der Waals surface area contributed by atoms with Crippen LogP contribution in [-0.2, 0) is 9.59 Å². The van der Waals surface area contributed by atoms with Gasteiger partial charge in [0.05, 0.1) is 0 Å². The van der Waals surface area contributed by atoms with E-state index < -0.39 is 18.0 Å². The second-order valence-electron chi connectivity index (χ2n) is 4.34. The maximum absolute atomic E-state index is 9.55. The number of ether oxygens (including phenoxy) is 1. The molecule has 1 rings (SSSR count). The summed E-state index contributed by atoms with van der Waals surface area (Å²) in [5.74, 6) is -2.51. The Morgan fingerprint density at radius 2 is 1.95 bits per heavy atom. The van der Waals surface area contributed by atoms with E-state index in [2.05, 4.69) is 10.3 Å². The van der Waals surface area contributed by atoms with E-state index in [0.29, 0.717) is 29.9 Å². The van der Waals surface area contributed by atoms with Gasteiger partial charge in [-0.05, 0) is 0 Å². The third-order valence-electron chi connectivity index (χ3n) is 1.94. The average molecular weight is 332 g/mol. The number of aliphatic hydroxyl groups excluding tert-OH is 1. The summed E-state index contributed by atoms with van der Waals surface area (Å²) >= 11 is 1.42.